The average molecular weight is 175 g/mol. The monoisotopic (exact) mass is 175 g/mol. The maximum absolute atomic E-state index is 8.76. The van der Waals surface area contributed by atoms with Gasteiger partial charge in [0.1, 0.15) is 6.07 Å². The van der Waals surface area contributed by atoms with E-state index in [1.807, 2.05) is 26.8 Å². The number of nitriles is 1. The summed E-state index contributed by atoms with van der Waals surface area (Å²) in [6.45, 7) is 7.94. The minimum atomic E-state index is -0.0493. The minimum Gasteiger partial charge on any atom is -0.257 e. The molecule has 0 aliphatic carbocycles. The first-order valence-electron chi connectivity index (χ1n) is 4.19. The summed E-state index contributed by atoms with van der Waals surface area (Å²) in [5.41, 5.74) is 1.92. The fourth-order valence-electron chi connectivity index (χ4n) is 0.917. The van der Waals surface area contributed by atoms with Crippen molar-refractivity contribution in [1.29, 1.82) is 5.26 Å². The lowest BCUT2D eigenvalue weighted by Crippen LogP contribution is -2.15. The fraction of sp³-hybridized carbons (Fsp3) is 0.500. The van der Waals surface area contributed by atoms with Gasteiger partial charge >= 0.3 is 0 Å². The Morgan fingerprint density at radius 3 is 2.46 bits per heavy atom. The molecule has 0 fully saturated rings. The van der Waals surface area contributed by atoms with Crippen molar-refractivity contribution in [3.8, 4) is 6.07 Å². The molecule has 1 aromatic heterocycles. The van der Waals surface area contributed by atoms with Crippen molar-refractivity contribution in [2.45, 2.75) is 33.1 Å². The molecule has 0 bridgehead atoms. The molecule has 0 N–H and O–H groups in total. The van der Waals surface area contributed by atoms with Gasteiger partial charge in [-0.2, -0.15) is 5.26 Å². The largest absolute Gasteiger partial charge is 0.257 e. The van der Waals surface area contributed by atoms with Crippen molar-refractivity contribution in [3.63, 3.8) is 0 Å². The highest BCUT2D eigenvalue weighted by molar-refractivity contribution is 5.27. The van der Waals surface area contributed by atoms with Gasteiger partial charge in [-0.25, -0.2) is 4.98 Å². The SMILES string of the molecule is Cc1ncc(C(C)(C)C)nc1C#N. The molecular formula is C10H13N3. The Kier molecular flexibility index (Phi) is 2.33. The summed E-state index contributed by atoms with van der Waals surface area (Å²) < 4.78 is 0. The Morgan fingerprint density at radius 2 is 2.00 bits per heavy atom. The van der Waals surface area contributed by atoms with Crippen LogP contribution < -0.4 is 0 Å². The van der Waals surface area contributed by atoms with E-state index in [1.54, 1.807) is 13.1 Å². The van der Waals surface area contributed by atoms with Gasteiger partial charge in [-0.1, -0.05) is 20.8 Å². The Bertz CT molecular complexity index is 355. The topological polar surface area (TPSA) is 49.6 Å². The van der Waals surface area contributed by atoms with Crippen molar-refractivity contribution in [3.05, 3.63) is 23.3 Å². The zero-order chi connectivity index (χ0) is 10.1. The van der Waals surface area contributed by atoms with Crippen LogP contribution in [0.3, 0.4) is 0 Å². The van der Waals surface area contributed by atoms with Gasteiger partial charge in [0.2, 0.25) is 0 Å². The summed E-state index contributed by atoms with van der Waals surface area (Å²) in [5.74, 6) is 0. The van der Waals surface area contributed by atoms with Crippen LogP contribution in [0.15, 0.2) is 6.20 Å². The molecule has 0 saturated carbocycles. The highest BCUT2D eigenvalue weighted by Gasteiger charge is 2.16. The molecular weight excluding hydrogens is 162 g/mol. The van der Waals surface area contributed by atoms with Gasteiger partial charge in [-0.3, -0.25) is 4.98 Å². The summed E-state index contributed by atoms with van der Waals surface area (Å²) in [7, 11) is 0. The van der Waals surface area contributed by atoms with Crippen LogP contribution in [-0.2, 0) is 5.41 Å². The molecule has 0 aliphatic rings. The van der Waals surface area contributed by atoms with Crippen LogP contribution in [0.4, 0.5) is 0 Å². The lowest BCUT2D eigenvalue weighted by molar-refractivity contribution is 0.563. The summed E-state index contributed by atoms with van der Waals surface area (Å²) in [6, 6.07) is 2.03. The standard InChI is InChI=1S/C10H13N3/c1-7-8(5-11)13-9(6-12-7)10(2,3)4/h6H,1-4H3. The first kappa shape index (κ1) is 9.66. The van der Waals surface area contributed by atoms with E-state index in [9.17, 15) is 0 Å². The molecule has 0 atom stereocenters. The zero-order valence-corrected chi connectivity index (χ0v) is 8.42. The molecule has 0 saturated heterocycles. The van der Waals surface area contributed by atoms with E-state index >= 15 is 0 Å². The van der Waals surface area contributed by atoms with Gasteiger partial charge in [0.15, 0.2) is 5.69 Å². The second kappa shape index (κ2) is 3.14. The third-order valence-electron chi connectivity index (χ3n) is 1.83. The Balaban J connectivity index is 3.24. The number of aryl methyl sites for hydroxylation is 1. The normalized spacial score (nSPS) is 11.0. The molecule has 13 heavy (non-hydrogen) atoms. The Labute approximate surface area is 78.5 Å². The molecule has 0 amide bonds. The smallest absolute Gasteiger partial charge is 0.161 e. The van der Waals surface area contributed by atoms with Gasteiger partial charge in [0.05, 0.1) is 11.4 Å². The molecule has 0 radical (unpaired) electrons. The van der Waals surface area contributed by atoms with Crippen LogP contribution in [-0.4, -0.2) is 9.97 Å². The lowest BCUT2D eigenvalue weighted by Gasteiger charge is -2.17. The number of hydrogen-bond acceptors (Lipinski definition) is 3. The van der Waals surface area contributed by atoms with Crippen molar-refractivity contribution in [2.24, 2.45) is 0 Å². The highest BCUT2D eigenvalue weighted by atomic mass is 14.8. The van der Waals surface area contributed by atoms with Crippen LogP contribution in [0.2, 0.25) is 0 Å². The summed E-state index contributed by atoms with van der Waals surface area (Å²) >= 11 is 0. The Morgan fingerprint density at radius 1 is 1.38 bits per heavy atom. The first-order chi connectivity index (χ1) is 5.95. The molecule has 0 unspecified atom stereocenters. The molecule has 0 spiro atoms. The summed E-state index contributed by atoms with van der Waals surface area (Å²) in [6.07, 6.45) is 1.73. The maximum Gasteiger partial charge on any atom is 0.161 e. The van der Waals surface area contributed by atoms with E-state index < -0.39 is 0 Å². The van der Waals surface area contributed by atoms with Crippen molar-refractivity contribution in [1.82, 2.24) is 9.97 Å². The molecule has 3 nitrogen and oxygen atoms in total. The molecule has 0 aliphatic heterocycles. The molecule has 1 aromatic rings. The molecule has 0 aromatic carbocycles. The van der Waals surface area contributed by atoms with Gasteiger partial charge in [0.25, 0.3) is 0 Å². The van der Waals surface area contributed by atoms with Crippen LogP contribution in [0, 0.1) is 18.3 Å². The summed E-state index contributed by atoms with van der Waals surface area (Å²) in [5, 5.41) is 8.76. The van der Waals surface area contributed by atoms with Crippen molar-refractivity contribution >= 4 is 0 Å². The van der Waals surface area contributed by atoms with Crippen LogP contribution >= 0.6 is 0 Å². The van der Waals surface area contributed by atoms with Crippen LogP contribution in [0.1, 0.15) is 37.9 Å². The van der Waals surface area contributed by atoms with E-state index in [-0.39, 0.29) is 5.41 Å². The number of nitrogens with zero attached hydrogens (tertiary/aromatic N) is 3. The Hall–Kier alpha value is -1.43. The summed E-state index contributed by atoms with van der Waals surface area (Å²) in [4.78, 5) is 8.37. The molecule has 1 heterocycles. The molecule has 3 heteroatoms. The van der Waals surface area contributed by atoms with E-state index in [4.69, 9.17) is 5.26 Å². The second-order valence-corrected chi connectivity index (χ2v) is 4.05. The highest BCUT2D eigenvalue weighted by Crippen LogP contribution is 2.19. The van der Waals surface area contributed by atoms with Gasteiger partial charge in [0, 0.05) is 11.6 Å². The molecule has 68 valence electrons. The van der Waals surface area contributed by atoms with Gasteiger partial charge in [-0.15, -0.1) is 0 Å². The van der Waals surface area contributed by atoms with E-state index in [1.165, 1.54) is 0 Å². The minimum absolute atomic E-state index is 0.0493. The average Bonchev–Trinajstić information content (AvgIpc) is 2.03. The third kappa shape index (κ3) is 2.03. The van der Waals surface area contributed by atoms with Gasteiger partial charge in [-0.05, 0) is 6.92 Å². The van der Waals surface area contributed by atoms with E-state index in [2.05, 4.69) is 9.97 Å². The quantitative estimate of drug-likeness (QED) is 0.605. The lowest BCUT2D eigenvalue weighted by atomic mass is 9.92. The molecule has 1 rings (SSSR count). The first-order valence-corrected chi connectivity index (χ1v) is 4.19. The zero-order valence-electron chi connectivity index (χ0n) is 8.42. The van der Waals surface area contributed by atoms with E-state index in [0.29, 0.717) is 11.4 Å². The predicted octanol–water partition coefficient (Wildman–Crippen LogP) is 1.95. The third-order valence-corrected chi connectivity index (χ3v) is 1.83. The van der Waals surface area contributed by atoms with E-state index in [0.717, 1.165) is 5.69 Å². The van der Waals surface area contributed by atoms with Gasteiger partial charge < -0.3 is 0 Å². The number of rotatable bonds is 0. The predicted molar refractivity (Wildman–Crippen MR) is 50.2 cm³/mol. The fourth-order valence-corrected chi connectivity index (χ4v) is 0.917. The number of aromatic nitrogens is 2. The second-order valence-electron chi connectivity index (χ2n) is 4.05. The van der Waals surface area contributed by atoms with Crippen LogP contribution in [0.5, 0.6) is 0 Å². The van der Waals surface area contributed by atoms with Crippen molar-refractivity contribution in [2.75, 3.05) is 0 Å². The maximum atomic E-state index is 8.76. The van der Waals surface area contributed by atoms with Crippen molar-refractivity contribution < 1.29 is 0 Å². The van der Waals surface area contributed by atoms with Crippen LogP contribution in [0.25, 0.3) is 0 Å². The number of hydrogen-bond donors (Lipinski definition) is 0.